The van der Waals surface area contributed by atoms with Crippen molar-refractivity contribution in [3.8, 4) is 5.75 Å². The molecule has 2 aromatic carbocycles. The summed E-state index contributed by atoms with van der Waals surface area (Å²) in [5.74, 6) is 0.0577. The maximum atomic E-state index is 13.2. The number of carbonyl (C=O) groups excluding carboxylic acids is 3. The quantitative estimate of drug-likeness (QED) is 0.636. The molecule has 1 atom stereocenters. The van der Waals surface area contributed by atoms with Crippen molar-refractivity contribution >= 4 is 17.7 Å². The Hall–Kier alpha value is -3.19. The van der Waals surface area contributed by atoms with Crippen molar-refractivity contribution in [1.29, 1.82) is 0 Å². The number of benzene rings is 2. The molecule has 7 heteroatoms. The zero-order valence-electron chi connectivity index (χ0n) is 22.3. The normalized spacial score (nSPS) is 25.3. The van der Waals surface area contributed by atoms with Gasteiger partial charge in [0.05, 0.1) is 13.2 Å². The molecule has 1 aliphatic carbocycles. The van der Waals surface area contributed by atoms with Crippen LogP contribution >= 0.6 is 0 Å². The van der Waals surface area contributed by atoms with Crippen molar-refractivity contribution in [2.75, 3.05) is 19.7 Å². The molecule has 2 saturated heterocycles. The predicted molar refractivity (Wildman–Crippen MR) is 142 cm³/mol. The Morgan fingerprint density at radius 1 is 1.03 bits per heavy atom. The average Bonchev–Trinajstić information content (AvgIpc) is 3.52. The zero-order valence-corrected chi connectivity index (χ0v) is 22.3. The predicted octanol–water partition coefficient (Wildman–Crippen LogP) is 3.50. The fourth-order valence-electron chi connectivity index (χ4n) is 7.56. The Morgan fingerprint density at radius 3 is 2.63 bits per heavy atom. The number of imide groups is 1. The highest BCUT2D eigenvalue weighted by Crippen LogP contribution is 2.50. The van der Waals surface area contributed by atoms with Gasteiger partial charge in [0.15, 0.2) is 0 Å². The second-order valence-electron chi connectivity index (χ2n) is 12.8. The molecule has 0 bridgehead atoms. The molecule has 4 heterocycles. The van der Waals surface area contributed by atoms with Crippen LogP contribution in [0.3, 0.4) is 0 Å². The first kappa shape index (κ1) is 23.9. The van der Waals surface area contributed by atoms with Crippen molar-refractivity contribution in [2.45, 2.75) is 76.9 Å². The fraction of sp³-hybridized carbons (Fsp3) is 0.516. The standard InChI is InChI=1S/C31H35N3O4/c1-30(2)14-19-4-3-5-20(22(19)15-30)16-33-12-10-31(11-13-33)18-38-27-23-17-34(25-8-9-26(35)32-28(25)36)29(37)21(23)6-7-24(27)31/h3-7,25H,8-18H2,1-2H3,(H,32,35,36). The molecule has 0 radical (unpaired) electrons. The summed E-state index contributed by atoms with van der Waals surface area (Å²) in [7, 11) is 0. The van der Waals surface area contributed by atoms with Crippen LogP contribution < -0.4 is 10.1 Å². The second kappa shape index (κ2) is 8.40. The molecular formula is C31H35N3O4. The number of ether oxygens (including phenoxy) is 1. The Morgan fingerprint density at radius 2 is 1.84 bits per heavy atom. The van der Waals surface area contributed by atoms with Gasteiger partial charge in [0, 0.05) is 35.1 Å². The van der Waals surface area contributed by atoms with Gasteiger partial charge >= 0.3 is 0 Å². The summed E-state index contributed by atoms with van der Waals surface area (Å²) in [6.07, 6.45) is 5.02. The summed E-state index contributed by atoms with van der Waals surface area (Å²) in [4.78, 5) is 41.5. The summed E-state index contributed by atoms with van der Waals surface area (Å²) in [6.45, 7) is 8.79. The lowest BCUT2D eigenvalue weighted by Crippen LogP contribution is -2.52. The number of likely N-dealkylation sites (tertiary alicyclic amines) is 1. The zero-order chi connectivity index (χ0) is 26.2. The van der Waals surface area contributed by atoms with E-state index in [9.17, 15) is 14.4 Å². The molecule has 7 nitrogen and oxygen atoms in total. The number of hydrogen-bond donors (Lipinski definition) is 1. The molecule has 7 rings (SSSR count). The van der Waals surface area contributed by atoms with Crippen LogP contribution in [0.5, 0.6) is 5.75 Å². The molecule has 4 aliphatic heterocycles. The van der Waals surface area contributed by atoms with Gasteiger partial charge in [-0.25, -0.2) is 0 Å². The summed E-state index contributed by atoms with van der Waals surface area (Å²) < 4.78 is 6.35. The maximum absolute atomic E-state index is 13.2. The number of carbonyl (C=O) groups is 3. The van der Waals surface area contributed by atoms with Gasteiger partial charge < -0.3 is 9.64 Å². The molecule has 3 amide bonds. The highest BCUT2D eigenvalue weighted by Gasteiger charge is 2.47. The van der Waals surface area contributed by atoms with Crippen LogP contribution in [0.15, 0.2) is 30.3 Å². The molecule has 0 aromatic heterocycles. The topological polar surface area (TPSA) is 79.0 Å². The largest absolute Gasteiger partial charge is 0.492 e. The molecule has 1 spiro atoms. The van der Waals surface area contributed by atoms with Crippen molar-refractivity contribution in [3.63, 3.8) is 0 Å². The number of hydrogen-bond acceptors (Lipinski definition) is 5. The molecular weight excluding hydrogens is 478 g/mol. The van der Waals surface area contributed by atoms with Crippen LogP contribution in [0.2, 0.25) is 0 Å². The lowest BCUT2D eigenvalue weighted by atomic mass is 9.74. The van der Waals surface area contributed by atoms with E-state index in [1.807, 2.05) is 6.07 Å². The van der Waals surface area contributed by atoms with Gasteiger partial charge in [-0.2, -0.15) is 0 Å². The fourth-order valence-corrected chi connectivity index (χ4v) is 7.56. The van der Waals surface area contributed by atoms with Gasteiger partial charge in [-0.15, -0.1) is 0 Å². The summed E-state index contributed by atoms with van der Waals surface area (Å²) >= 11 is 0. The Labute approximate surface area is 223 Å². The van der Waals surface area contributed by atoms with Crippen molar-refractivity contribution in [1.82, 2.24) is 15.1 Å². The first-order valence-electron chi connectivity index (χ1n) is 14.0. The third-order valence-electron chi connectivity index (χ3n) is 9.63. The molecule has 198 valence electrons. The van der Waals surface area contributed by atoms with Crippen LogP contribution in [0.25, 0.3) is 0 Å². The number of fused-ring (bicyclic) bond motifs is 5. The van der Waals surface area contributed by atoms with Crippen LogP contribution in [-0.2, 0) is 40.9 Å². The smallest absolute Gasteiger partial charge is 0.255 e. The molecule has 2 fully saturated rings. The monoisotopic (exact) mass is 513 g/mol. The van der Waals surface area contributed by atoms with E-state index in [-0.39, 0.29) is 29.6 Å². The highest BCUT2D eigenvalue weighted by atomic mass is 16.5. The minimum Gasteiger partial charge on any atom is -0.492 e. The third-order valence-corrected chi connectivity index (χ3v) is 9.63. The van der Waals surface area contributed by atoms with Crippen LogP contribution in [0, 0.1) is 5.41 Å². The van der Waals surface area contributed by atoms with E-state index in [4.69, 9.17) is 4.74 Å². The molecule has 5 aliphatic rings. The second-order valence-corrected chi connectivity index (χ2v) is 12.8. The van der Waals surface area contributed by atoms with Crippen molar-refractivity contribution in [3.05, 3.63) is 63.7 Å². The lowest BCUT2D eigenvalue weighted by Gasteiger charge is -2.38. The number of nitrogens with one attached hydrogen (secondary N) is 1. The number of rotatable bonds is 3. The SMILES string of the molecule is CC1(C)Cc2cccc(CN3CCC4(CC3)COc3c4ccc4c3CN(C3CCC(=O)NC3=O)C4=O)c2C1. The van der Waals surface area contributed by atoms with Crippen LogP contribution in [-0.4, -0.2) is 53.3 Å². The first-order chi connectivity index (χ1) is 18.2. The molecule has 1 unspecified atom stereocenters. The first-order valence-corrected chi connectivity index (χ1v) is 14.0. The van der Waals surface area contributed by atoms with E-state index >= 15 is 0 Å². The Balaban J connectivity index is 1.07. The van der Waals surface area contributed by atoms with Crippen LogP contribution in [0.4, 0.5) is 0 Å². The van der Waals surface area contributed by atoms with Gasteiger partial charge in [-0.3, -0.25) is 24.6 Å². The molecule has 38 heavy (non-hydrogen) atoms. The van der Waals surface area contributed by atoms with E-state index in [1.54, 1.807) is 10.5 Å². The Kier molecular flexibility index (Phi) is 5.28. The van der Waals surface area contributed by atoms with Crippen molar-refractivity contribution in [2.24, 2.45) is 5.41 Å². The van der Waals surface area contributed by atoms with E-state index in [0.29, 0.717) is 30.6 Å². The van der Waals surface area contributed by atoms with Gasteiger partial charge in [0.1, 0.15) is 11.8 Å². The summed E-state index contributed by atoms with van der Waals surface area (Å²) in [6, 6.07) is 10.3. The minimum absolute atomic E-state index is 0.0212. The number of amides is 3. The molecule has 0 saturated carbocycles. The average molecular weight is 514 g/mol. The number of nitrogens with zero attached hydrogens (tertiary/aromatic N) is 2. The summed E-state index contributed by atoms with van der Waals surface area (Å²) in [5.41, 5.74) is 7.65. The summed E-state index contributed by atoms with van der Waals surface area (Å²) in [5, 5.41) is 2.38. The van der Waals surface area contributed by atoms with E-state index in [0.717, 1.165) is 50.2 Å². The van der Waals surface area contributed by atoms with Gasteiger partial charge in [0.25, 0.3) is 5.91 Å². The van der Waals surface area contributed by atoms with Gasteiger partial charge in [-0.05, 0) is 73.4 Å². The third kappa shape index (κ3) is 3.69. The van der Waals surface area contributed by atoms with Gasteiger partial charge in [0.2, 0.25) is 11.8 Å². The minimum atomic E-state index is -0.605. The van der Waals surface area contributed by atoms with Crippen molar-refractivity contribution < 1.29 is 19.1 Å². The lowest BCUT2D eigenvalue weighted by molar-refractivity contribution is -0.136. The highest BCUT2D eigenvalue weighted by molar-refractivity contribution is 6.05. The Bertz CT molecular complexity index is 1370. The molecule has 2 aromatic rings. The van der Waals surface area contributed by atoms with E-state index in [2.05, 4.69) is 48.3 Å². The van der Waals surface area contributed by atoms with Crippen LogP contribution in [0.1, 0.15) is 77.7 Å². The number of piperidine rings is 2. The molecule has 1 N–H and O–H groups in total. The van der Waals surface area contributed by atoms with E-state index < -0.39 is 6.04 Å². The van der Waals surface area contributed by atoms with E-state index in [1.165, 1.54) is 23.1 Å². The van der Waals surface area contributed by atoms with Gasteiger partial charge in [-0.1, -0.05) is 38.1 Å². The maximum Gasteiger partial charge on any atom is 0.255 e.